The molecule has 8 heteroatoms. The molecule has 2 N–H and O–H groups in total. The Morgan fingerprint density at radius 1 is 1.38 bits per heavy atom. The highest BCUT2D eigenvalue weighted by Crippen LogP contribution is 2.32. The molecule has 140 valence electrons. The summed E-state index contributed by atoms with van der Waals surface area (Å²) < 4.78 is 10.7. The molecular formula is C18H21Cl2N3O3. The van der Waals surface area contributed by atoms with E-state index in [2.05, 4.69) is 15.8 Å². The van der Waals surface area contributed by atoms with Gasteiger partial charge < -0.3 is 19.9 Å². The molecule has 2 heterocycles. The van der Waals surface area contributed by atoms with Gasteiger partial charge in [0.05, 0.1) is 10.0 Å². The predicted octanol–water partition coefficient (Wildman–Crippen LogP) is 3.68. The molecule has 1 unspecified atom stereocenters. The molecule has 1 saturated heterocycles. The van der Waals surface area contributed by atoms with E-state index in [0.29, 0.717) is 34.0 Å². The summed E-state index contributed by atoms with van der Waals surface area (Å²) in [5.41, 5.74) is 0.232. The van der Waals surface area contributed by atoms with Crippen LogP contribution in [0.15, 0.2) is 28.8 Å². The Balaban J connectivity index is 1.47. The van der Waals surface area contributed by atoms with Crippen LogP contribution in [0.4, 0.5) is 0 Å². The number of hydrogen-bond acceptors (Lipinski definition) is 5. The van der Waals surface area contributed by atoms with E-state index in [1.54, 1.807) is 24.3 Å². The van der Waals surface area contributed by atoms with Gasteiger partial charge in [-0.15, -0.1) is 0 Å². The van der Waals surface area contributed by atoms with Crippen LogP contribution in [-0.4, -0.2) is 30.7 Å². The zero-order valence-electron chi connectivity index (χ0n) is 14.3. The number of ether oxygens (including phenoxy) is 1. The summed E-state index contributed by atoms with van der Waals surface area (Å²) in [5.74, 6) is 1.16. The average molecular weight is 398 g/mol. The highest BCUT2D eigenvalue weighted by atomic mass is 35.5. The zero-order valence-corrected chi connectivity index (χ0v) is 15.8. The first-order chi connectivity index (χ1) is 12.6. The molecule has 0 aliphatic carbocycles. The molecule has 1 aromatic heterocycles. The normalized spacial score (nSPS) is 17.1. The molecule has 3 rings (SSSR count). The van der Waals surface area contributed by atoms with Crippen molar-refractivity contribution < 1.29 is 14.1 Å². The van der Waals surface area contributed by atoms with Crippen molar-refractivity contribution >= 4 is 29.1 Å². The molecule has 6 nitrogen and oxygen atoms in total. The summed E-state index contributed by atoms with van der Waals surface area (Å²) in [6, 6.07) is 6.66. The standard InChI is InChI=1S/C18H21Cl2N3O3/c19-14-4-1-5-15(20)17(14)25-11-13-9-16(23-26-13)18(24)22-8-6-12-3-2-7-21-10-12/h1,4-5,9,12,21H,2-3,6-8,10-11H2,(H,22,24). The molecule has 1 amide bonds. The Morgan fingerprint density at radius 2 is 2.19 bits per heavy atom. The van der Waals surface area contributed by atoms with E-state index in [9.17, 15) is 4.79 Å². The summed E-state index contributed by atoms with van der Waals surface area (Å²) in [6.07, 6.45) is 3.36. The Labute approximate surface area is 162 Å². The minimum atomic E-state index is -0.250. The number of piperidine rings is 1. The second kappa shape index (κ2) is 9.26. The highest BCUT2D eigenvalue weighted by Gasteiger charge is 2.16. The van der Waals surface area contributed by atoms with Crippen LogP contribution in [0.3, 0.4) is 0 Å². The smallest absolute Gasteiger partial charge is 0.273 e. The van der Waals surface area contributed by atoms with E-state index >= 15 is 0 Å². The van der Waals surface area contributed by atoms with E-state index in [-0.39, 0.29) is 18.2 Å². The topological polar surface area (TPSA) is 76.4 Å². The maximum atomic E-state index is 12.1. The van der Waals surface area contributed by atoms with E-state index in [0.717, 1.165) is 19.5 Å². The third kappa shape index (κ3) is 5.13. The lowest BCUT2D eigenvalue weighted by atomic mass is 9.96. The van der Waals surface area contributed by atoms with E-state index in [1.165, 1.54) is 12.8 Å². The van der Waals surface area contributed by atoms with Crippen molar-refractivity contribution in [1.82, 2.24) is 15.8 Å². The minimum Gasteiger partial charge on any atom is -0.482 e. The highest BCUT2D eigenvalue weighted by molar-refractivity contribution is 6.37. The van der Waals surface area contributed by atoms with Gasteiger partial charge in [0.1, 0.15) is 6.61 Å². The van der Waals surface area contributed by atoms with Gasteiger partial charge in [0, 0.05) is 12.6 Å². The van der Waals surface area contributed by atoms with Crippen molar-refractivity contribution in [3.8, 4) is 5.75 Å². The van der Waals surface area contributed by atoms with Crippen LogP contribution in [0.1, 0.15) is 35.5 Å². The lowest BCUT2D eigenvalue weighted by molar-refractivity contribution is 0.0941. The van der Waals surface area contributed by atoms with Gasteiger partial charge in [0.2, 0.25) is 0 Å². The fourth-order valence-corrected chi connectivity index (χ4v) is 3.41. The zero-order chi connectivity index (χ0) is 18.4. The number of benzene rings is 1. The van der Waals surface area contributed by atoms with Crippen molar-refractivity contribution in [1.29, 1.82) is 0 Å². The SMILES string of the molecule is O=C(NCCC1CCCNC1)c1cc(COc2c(Cl)cccc2Cl)on1. The predicted molar refractivity (Wildman–Crippen MR) is 99.8 cm³/mol. The van der Waals surface area contributed by atoms with Gasteiger partial charge in [0.15, 0.2) is 17.2 Å². The second-order valence-corrected chi connectivity index (χ2v) is 7.09. The minimum absolute atomic E-state index is 0.0808. The fourth-order valence-electron chi connectivity index (χ4n) is 2.90. The molecule has 1 atom stereocenters. The lowest BCUT2D eigenvalue weighted by Gasteiger charge is -2.22. The monoisotopic (exact) mass is 397 g/mol. The first kappa shape index (κ1) is 19.0. The molecule has 0 spiro atoms. The molecule has 0 radical (unpaired) electrons. The van der Waals surface area contributed by atoms with E-state index < -0.39 is 0 Å². The summed E-state index contributed by atoms with van der Waals surface area (Å²) >= 11 is 12.1. The summed E-state index contributed by atoms with van der Waals surface area (Å²) in [7, 11) is 0. The van der Waals surface area contributed by atoms with Crippen LogP contribution in [0.25, 0.3) is 0 Å². The Hall–Kier alpha value is -1.76. The van der Waals surface area contributed by atoms with Crippen LogP contribution in [0.5, 0.6) is 5.75 Å². The van der Waals surface area contributed by atoms with Crippen molar-refractivity contribution in [2.45, 2.75) is 25.9 Å². The van der Waals surface area contributed by atoms with Gasteiger partial charge in [0.25, 0.3) is 5.91 Å². The summed E-state index contributed by atoms with van der Waals surface area (Å²) in [4.78, 5) is 12.1. The van der Waals surface area contributed by atoms with E-state index in [1.807, 2.05) is 0 Å². The maximum absolute atomic E-state index is 12.1. The number of rotatable bonds is 7. The number of nitrogens with one attached hydrogen (secondary N) is 2. The van der Waals surface area contributed by atoms with Gasteiger partial charge in [-0.2, -0.15) is 0 Å². The molecule has 0 bridgehead atoms. The van der Waals surface area contributed by atoms with Gasteiger partial charge in [-0.05, 0) is 50.4 Å². The molecule has 26 heavy (non-hydrogen) atoms. The molecule has 1 aliphatic heterocycles. The van der Waals surface area contributed by atoms with Crippen molar-refractivity contribution in [2.24, 2.45) is 5.92 Å². The number of carbonyl (C=O) groups excluding carboxylic acids is 1. The molecule has 0 saturated carbocycles. The van der Waals surface area contributed by atoms with Crippen molar-refractivity contribution in [3.05, 3.63) is 45.8 Å². The average Bonchev–Trinajstić information content (AvgIpc) is 3.11. The number of hydrogen-bond donors (Lipinski definition) is 2. The van der Waals surface area contributed by atoms with E-state index in [4.69, 9.17) is 32.5 Å². The number of aromatic nitrogens is 1. The van der Waals surface area contributed by atoms with Crippen LogP contribution < -0.4 is 15.4 Å². The molecule has 1 fully saturated rings. The number of carbonyl (C=O) groups is 1. The molecule has 1 aliphatic rings. The largest absolute Gasteiger partial charge is 0.482 e. The van der Waals surface area contributed by atoms with Gasteiger partial charge in [-0.1, -0.05) is 34.4 Å². The number of nitrogens with zero attached hydrogens (tertiary/aromatic N) is 1. The fraction of sp³-hybridized carbons (Fsp3) is 0.444. The molecule has 2 aromatic rings. The second-order valence-electron chi connectivity index (χ2n) is 6.27. The third-order valence-electron chi connectivity index (χ3n) is 4.31. The lowest BCUT2D eigenvalue weighted by Crippen LogP contribution is -2.33. The molecular weight excluding hydrogens is 377 g/mol. The molecule has 1 aromatic carbocycles. The van der Waals surface area contributed by atoms with Crippen LogP contribution in [-0.2, 0) is 6.61 Å². The van der Waals surface area contributed by atoms with Crippen LogP contribution in [0, 0.1) is 5.92 Å². The first-order valence-corrected chi connectivity index (χ1v) is 9.40. The first-order valence-electron chi connectivity index (χ1n) is 8.65. The van der Waals surface area contributed by atoms with Gasteiger partial charge in [-0.25, -0.2) is 0 Å². The van der Waals surface area contributed by atoms with Gasteiger partial charge >= 0.3 is 0 Å². The van der Waals surface area contributed by atoms with Crippen molar-refractivity contribution in [3.63, 3.8) is 0 Å². The number of amides is 1. The quantitative estimate of drug-likeness (QED) is 0.744. The Morgan fingerprint density at radius 3 is 2.92 bits per heavy atom. The Bertz CT molecular complexity index is 725. The number of para-hydroxylation sites is 1. The maximum Gasteiger partial charge on any atom is 0.273 e. The third-order valence-corrected chi connectivity index (χ3v) is 4.90. The summed E-state index contributed by atoms with van der Waals surface area (Å²) in [6.45, 7) is 2.81. The van der Waals surface area contributed by atoms with Crippen LogP contribution in [0.2, 0.25) is 10.0 Å². The number of halogens is 2. The summed E-state index contributed by atoms with van der Waals surface area (Å²) in [5, 5.41) is 10.9. The van der Waals surface area contributed by atoms with Crippen molar-refractivity contribution in [2.75, 3.05) is 19.6 Å². The van der Waals surface area contributed by atoms with Crippen LogP contribution >= 0.6 is 23.2 Å². The van der Waals surface area contributed by atoms with Gasteiger partial charge in [-0.3, -0.25) is 4.79 Å². The Kier molecular flexibility index (Phi) is 6.77.